The quantitative estimate of drug-likeness (QED) is 0.769. The summed E-state index contributed by atoms with van der Waals surface area (Å²) < 4.78 is 0. The van der Waals surface area contributed by atoms with Gasteiger partial charge in [0.1, 0.15) is 0 Å². The van der Waals surface area contributed by atoms with Gasteiger partial charge in [-0.1, -0.05) is 6.07 Å². The molecule has 0 saturated heterocycles. The van der Waals surface area contributed by atoms with Crippen molar-refractivity contribution in [1.82, 2.24) is 5.32 Å². The van der Waals surface area contributed by atoms with Crippen LogP contribution in [0.5, 0.6) is 0 Å². The Hall–Kier alpha value is -1.62. The second-order valence-electron chi connectivity index (χ2n) is 3.36. The summed E-state index contributed by atoms with van der Waals surface area (Å²) in [4.78, 5) is 22.7. The van der Waals surface area contributed by atoms with Gasteiger partial charge in [-0.05, 0) is 24.4 Å². The molecule has 1 heterocycles. The van der Waals surface area contributed by atoms with E-state index in [0.29, 0.717) is 0 Å². The fraction of sp³-hybridized carbons (Fsp3) is 0.273. The topological polar surface area (TPSA) is 66.4 Å². The number of rotatable bonds is 5. The SMILES string of the molecule is CC(CC(=O)O)NC(=O)/C=C/c1cccs1. The van der Waals surface area contributed by atoms with Crippen molar-refractivity contribution in [2.24, 2.45) is 0 Å². The van der Waals surface area contributed by atoms with Crippen LogP contribution in [-0.4, -0.2) is 23.0 Å². The number of carboxylic acids is 1. The molecule has 0 spiro atoms. The van der Waals surface area contributed by atoms with Crippen molar-refractivity contribution < 1.29 is 14.7 Å². The lowest BCUT2D eigenvalue weighted by atomic mass is 10.2. The van der Waals surface area contributed by atoms with E-state index in [9.17, 15) is 9.59 Å². The van der Waals surface area contributed by atoms with E-state index < -0.39 is 5.97 Å². The van der Waals surface area contributed by atoms with Gasteiger partial charge in [-0.3, -0.25) is 9.59 Å². The number of hydrogen-bond donors (Lipinski definition) is 2. The Morgan fingerprint density at radius 3 is 2.94 bits per heavy atom. The van der Waals surface area contributed by atoms with Crippen LogP contribution < -0.4 is 5.32 Å². The minimum absolute atomic E-state index is 0.0709. The monoisotopic (exact) mass is 239 g/mol. The van der Waals surface area contributed by atoms with E-state index in [-0.39, 0.29) is 18.4 Å². The number of amides is 1. The smallest absolute Gasteiger partial charge is 0.305 e. The average molecular weight is 239 g/mol. The predicted molar refractivity (Wildman–Crippen MR) is 63.2 cm³/mol. The predicted octanol–water partition coefficient (Wildman–Crippen LogP) is 1.74. The molecular weight excluding hydrogens is 226 g/mol. The lowest BCUT2D eigenvalue weighted by Crippen LogP contribution is -2.32. The third kappa shape index (κ3) is 4.75. The van der Waals surface area contributed by atoms with Gasteiger partial charge in [-0.15, -0.1) is 11.3 Å². The molecule has 0 saturated carbocycles. The zero-order valence-corrected chi connectivity index (χ0v) is 9.66. The van der Waals surface area contributed by atoms with E-state index >= 15 is 0 Å². The van der Waals surface area contributed by atoms with E-state index in [0.717, 1.165) is 4.88 Å². The van der Waals surface area contributed by atoms with Crippen LogP contribution in [0.25, 0.3) is 6.08 Å². The maximum absolute atomic E-state index is 11.3. The number of nitrogens with one attached hydrogen (secondary N) is 1. The minimum atomic E-state index is -0.921. The van der Waals surface area contributed by atoms with E-state index in [2.05, 4.69) is 5.32 Å². The zero-order chi connectivity index (χ0) is 12.0. The first-order valence-electron chi connectivity index (χ1n) is 4.82. The van der Waals surface area contributed by atoms with Crippen LogP contribution in [0.4, 0.5) is 0 Å². The Morgan fingerprint density at radius 2 is 2.38 bits per heavy atom. The second kappa shape index (κ2) is 6.07. The second-order valence-corrected chi connectivity index (χ2v) is 4.34. The van der Waals surface area contributed by atoms with Gasteiger partial charge in [-0.25, -0.2) is 0 Å². The fourth-order valence-electron chi connectivity index (χ4n) is 1.15. The van der Waals surface area contributed by atoms with Gasteiger partial charge in [0.2, 0.25) is 5.91 Å². The number of aliphatic carboxylic acids is 1. The van der Waals surface area contributed by atoms with Crippen LogP contribution in [0.2, 0.25) is 0 Å². The third-order valence-electron chi connectivity index (χ3n) is 1.81. The normalized spacial score (nSPS) is 12.6. The summed E-state index contributed by atoms with van der Waals surface area (Å²) in [5.74, 6) is -1.20. The molecule has 5 heteroatoms. The standard InChI is InChI=1S/C11H13NO3S/c1-8(7-11(14)15)12-10(13)5-4-9-3-2-6-16-9/h2-6,8H,7H2,1H3,(H,12,13)(H,14,15)/b5-4+. The lowest BCUT2D eigenvalue weighted by molar-refractivity contribution is -0.137. The molecule has 86 valence electrons. The molecule has 16 heavy (non-hydrogen) atoms. The molecule has 0 aromatic carbocycles. The van der Waals surface area contributed by atoms with Crippen LogP contribution >= 0.6 is 11.3 Å². The molecule has 0 aliphatic rings. The molecule has 0 radical (unpaired) electrons. The Balaban J connectivity index is 2.38. The van der Waals surface area contributed by atoms with Gasteiger partial charge in [0, 0.05) is 17.0 Å². The molecule has 0 fully saturated rings. The van der Waals surface area contributed by atoms with Crippen LogP contribution in [0.1, 0.15) is 18.2 Å². The highest BCUT2D eigenvalue weighted by Crippen LogP contribution is 2.09. The molecule has 0 aliphatic carbocycles. The first kappa shape index (κ1) is 12.4. The van der Waals surface area contributed by atoms with Crippen molar-refractivity contribution in [1.29, 1.82) is 0 Å². The molecule has 1 aromatic rings. The van der Waals surface area contributed by atoms with Crippen molar-refractivity contribution in [2.75, 3.05) is 0 Å². The van der Waals surface area contributed by atoms with Crippen molar-refractivity contribution in [2.45, 2.75) is 19.4 Å². The minimum Gasteiger partial charge on any atom is -0.481 e. The molecule has 1 rings (SSSR count). The van der Waals surface area contributed by atoms with E-state index in [1.807, 2.05) is 17.5 Å². The maximum Gasteiger partial charge on any atom is 0.305 e. The zero-order valence-electron chi connectivity index (χ0n) is 8.84. The van der Waals surface area contributed by atoms with Gasteiger partial charge in [0.05, 0.1) is 6.42 Å². The van der Waals surface area contributed by atoms with Crippen molar-refractivity contribution >= 4 is 29.3 Å². The Kier molecular flexibility index (Phi) is 4.72. The highest BCUT2D eigenvalue weighted by molar-refractivity contribution is 7.10. The van der Waals surface area contributed by atoms with Crippen LogP contribution in [0, 0.1) is 0 Å². The molecule has 0 aliphatic heterocycles. The first-order valence-corrected chi connectivity index (χ1v) is 5.70. The van der Waals surface area contributed by atoms with Gasteiger partial charge >= 0.3 is 5.97 Å². The molecule has 1 atom stereocenters. The van der Waals surface area contributed by atoms with Crippen LogP contribution in [0.15, 0.2) is 23.6 Å². The van der Waals surface area contributed by atoms with Crippen molar-refractivity contribution in [3.8, 4) is 0 Å². The fourth-order valence-corrected chi connectivity index (χ4v) is 1.77. The van der Waals surface area contributed by atoms with Crippen molar-refractivity contribution in [3.63, 3.8) is 0 Å². The number of carbonyl (C=O) groups is 2. The highest BCUT2D eigenvalue weighted by atomic mass is 32.1. The summed E-state index contributed by atoms with van der Waals surface area (Å²) >= 11 is 1.53. The van der Waals surface area contributed by atoms with E-state index in [4.69, 9.17) is 5.11 Å². The third-order valence-corrected chi connectivity index (χ3v) is 2.65. The summed E-state index contributed by atoms with van der Waals surface area (Å²) in [6, 6.07) is 3.43. The summed E-state index contributed by atoms with van der Waals surface area (Å²) in [7, 11) is 0. The number of carboxylic acid groups (broad SMARTS) is 1. The maximum atomic E-state index is 11.3. The molecule has 1 unspecified atom stereocenters. The molecule has 0 bridgehead atoms. The number of thiophene rings is 1. The summed E-state index contributed by atoms with van der Waals surface area (Å²) in [5, 5.41) is 13.0. The molecule has 2 N–H and O–H groups in total. The molecule has 4 nitrogen and oxygen atoms in total. The summed E-state index contributed by atoms with van der Waals surface area (Å²) in [6.45, 7) is 1.66. The van der Waals surface area contributed by atoms with E-state index in [1.54, 1.807) is 13.0 Å². The lowest BCUT2D eigenvalue weighted by Gasteiger charge is -2.08. The van der Waals surface area contributed by atoms with Gasteiger partial charge < -0.3 is 10.4 Å². The molecule has 1 amide bonds. The number of carbonyl (C=O) groups excluding carboxylic acids is 1. The Morgan fingerprint density at radius 1 is 1.62 bits per heavy atom. The van der Waals surface area contributed by atoms with Crippen LogP contribution in [0.3, 0.4) is 0 Å². The average Bonchev–Trinajstić information content (AvgIpc) is 2.65. The van der Waals surface area contributed by atoms with Gasteiger partial charge in [0.15, 0.2) is 0 Å². The summed E-state index contributed by atoms with van der Waals surface area (Å²) in [6.07, 6.45) is 3.04. The largest absolute Gasteiger partial charge is 0.481 e. The van der Waals surface area contributed by atoms with Gasteiger partial charge in [0.25, 0.3) is 0 Å². The van der Waals surface area contributed by atoms with E-state index in [1.165, 1.54) is 17.4 Å². The molecular formula is C11H13NO3S. The highest BCUT2D eigenvalue weighted by Gasteiger charge is 2.08. The first-order chi connectivity index (χ1) is 7.58. The molecule has 1 aromatic heterocycles. The Bertz CT molecular complexity index is 384. The summed E-state index contributed by atoms with van der Waals surface area (Å²) in [5.41, 5.74) is 0. The van der Waals surface area contributed by atoms with Crippen LogP contribution in [-0.2, 0) is 9.59 Å². The number of hydrogen-bond acceptors (Lipinski definition) is 3. The van der Waals surface area contributed by atoms with Gasteiger partial charge in [-0.2, -0.15) is 0 Å². The van der Waals surface area contributed by atoms with Crippen molar-refractivity contribution in [3.05, 3.63) is 28.5 Å². The Labute approximate surface area is 97.6 Å².